The molecule has 0 aromatic carbocycles. The van der Waals surface area contributed by atoms with Crippen molar-refractivity contribution in [2.24, 2.45) is 0 Å². The number of rotatable bonds is 3. The van der Waals surface area contributed by atoms with E-state index in [1.165, 1.54) is 20.8 Å². The van der Waals surface area contributed by atoms with Gasteiger partial charge in [0.1, 0.15) is 27.2 Å². The van der Waals surface area contributed by atoms with Crippen LogP contribution >= 0.6 is 0 Å². The zero-order chi connectivity index (χ0) is 23.5. The minimum atomic E-state index is -1.19. The number of hydrogen-bond acceptors (Lipinski definition) is 10. The molecule has 0 N–H and O–H groups in total. The Kier molecular flexibility index (Phi) is 90.8. The van der Waals surface area contributed by atoms with E-state index in [0.29, 0.717) is 0 Å². The summed E-state index contributed by atoms with van der Waals surface area (Å²) in [5.74, 6) is -3.56. The Balaban J connectivity index is -0.0000000277. The van der Waals surface area contributed by atoms with Crippen LogP contribution in [0.2, 0.25) is 0 Å². The van der Waals surface area contributed by atoms with E-state index in [-0.39, 0.29) is 33.8 Å². The van der Waals surface area contributed by atoms with Crippen LogP contribution in [-0.2, 0) is 50.6 Å². The zero-order valence-corrected chi connectivity index (χ0v) is 16.5. The largest absolute Gasteiger partial charge is 3.00 e. The van der Waals surface area contributed by atoms with Gasteiger partial charge in [-0.3, -0.25) is 0 Å². The number of carbonyl (C=O) groups excluding carboxylic acids is 7. The van der Waals surface area contributed by atoms with Gasteiger partial charge in [-0.2, -0.15) is 0 Å². The fourth-order valence-corrected chi connectivity index (χ4v) is 0. The van der Waals surface area contributed by atoms with Gasteiger partial charge in [0.2, 0.25) is 0 Å². The summed E-state index contributed by atoms with van der Waals surface area (Å²) in [6.07, 6.45) is 0. The topological polar surface area (TPSA) is 189 Å². The van der Waals surface area contributed by atoms with Gasteiger partial charge in [-0.15, -0.1) is 0 Å². The number of aliphatic carboxylic acids is 3. The Morgan fingerprint density at radius 3 is 0.519 bits per heavy atom. The van der Waals surface area contributed by atoms with Gasteiger partial charge in [0.15, 0.2) is 0 Å². The van der Waals surface area contributed by atoms with Crippen molar-refractivity contribution in [3.05, 3.63) is 36.5 Å². The van der Waals surface area contributed by atoms with Crippen LogP contribution in [0.1, 0.15) is 20.8 Å². The van der Waals surface area contributed by atoms with Crippen LogP contribution in [0.25, 0.3) is 0 Å². The molecule has 0 aliphatic rings. The van der Waals surface area contributed by atoms with Crippen molar-refractivity contribution < 1.29 is 66.0 Å². The monoisotopic (exact) mass is 431 g/mol. The minimum absolute atomic E-state index is 0. The van der Waals surface area contributed by atoms with Crippen molar-refractivity contribution in [3.63, 3.8) is 0 Å². The second-order valence-electron chi connectivity index (χ2n) is 3.20. The Labute approximate surface area is 168 Å². The van der Waals surface area contributed by atoms with Crippen molar-refractivity contribution in [2.45, 2.75) is 20.8 Å². The molecule has 0 aliphatic heterocycles. The van der Waals surface area contributed by atoms with Crippen LogP contribution in [0.5, 0.6) is 0 Å². The molecule has 0 bridgehead atoms. The van der Waals surface area contributed by atoms with Gasteiger partial charge in [0, 0.05) is 0 Å². The van der Waals surface area contributed by atoms with Crippen LogP contribution < -0.4 is 15.3 Å². The Morgan fingerprint density at radius 2 is 0.519 bits per heavy atom. The molecule has 0 heterocycles. The summed E-state index contributed by atoms with van der Waals surface area (Å²) < 4.78 is 0. The van der Waals surface area contributed by atoms with Crippen LogP contribution in [0, 0.1) is 0 Å². The molecule has 155 valence electrons. The van der Waals surface area contributed by atoms with Crippen LogP contribution in [0.3, 0.4) is 0 Å². The van der Waals surface area contributed by atoms with Gasteiger partial charge < -0.3 is 48.9 Å². The third kappa shape index (κ3) is 127. The van der Waals surface area contributed by atoms with Gasteiger partial charge in [-0.05, 0) is 37.5 Å². The molecule has 11 heteroatoms. The summed E-state index contributed by atoms with van der Waals surface area (Å²) in [4.78, 5) is 60.5. The molecule has 0 aromatic rings. The fourth-order valence-electron chi connectivity index (χ4n) is 0. The number of carboxylic acid groups (broad SMARTS) is 3. The molecule has 10 nitrogen and oxygen atoms in total. The van der Waals surface area contributed by atoms with Crippen molar-refractivity contribution in [1.29, 1.82) is 0 Å². The van der Waals surface area contributed by atoms with Gasteiger partial charge in [0.25, 0.3) is 0 Å². The molecule has 0 aliphatic carbocycles. The molecule has 0 amide bonds. The average molecular weight is 431 g/mol. The molecule has 0 rings (SSSR count). The summed E-state index contributed by atoms with van der Waals surface area (Å²) in [6.45, 7) is 21.4. The molecule has 0 saturated carbocycles. The van der Waals surface area contributed by atoms with Crippen LogP contribution in [0.15, 0.2) is 36.5 Å². The Morgan fingerprint density at radius 1 is 0.481 bits per heavy atom. The average Bonchev–Trinajstić information content (AvgIpc) is 2.62. The maximum Gasteiger partial charge on any atom is 3.00 e. The standard InChI is InChI=1S/3C4H6O2.4CH2O.Fe/c3*1-3(2)4(5)6;4*1-2;/h3*1H2,2H3,(H,5,6);4*1H2;/q;;;;;;;+3/p-3. The van der Waals surface area contributed by atoms with E-state index in [4.69, 9.17) is 19.2 Å². The predicted octanol–water partition coefficient (Wildman–Crippen LogP) is -2.80. The summed E-state index contributed by atoms with van der Waals surface area (Å²) in [5.41, 5.74) is 0.194. The van der Waals surface area contributed by atoms with E-state index >= 15 is 0 Å². The second-order valence-corrected chi connectivity index (χ2v) is 3.20. The Bertz CT molecular complexity index is 332. The van der Waals surface area contributed by atoms with Crippen LogP contribution in [0.4, 0.5) is 0 Å². The number of carbonyl (C=O) groups is 7. The van der Waals surface area contributed by atoms with E-state index in [9.17, 15) is 29.7 Å². The van der Waals surface area contributed by atoms with Crippen LogP contribution in [-0.4, -0.2) is 45.1 Å². The summed E-state index contributed by atoms with van der Waals surface area (Å²) >= 11 is 0. The molecular weight excluding hydrogens is 408 g/mol. The molecule has 0 aromatic heterocycles. The second kappa shape index (κ2) is 49.5. The third-order valence-corrected chi connectivity index (χ3v) is 1.05. The van der Waals surface area contributed by atoms with Crippen molar-refractivity contribution >= 4 is 45.1 Å². The molecule has 0 unspecified atom stereocenters. The molecule has 0 fully saturated rings. The first kappa shape index (κ1) is 49.6. The maximum atomic E-state index is 9.49. The first-order valence-electron chi connectivity index (χ1n) is 5.69. The van der Waals surface area contributed by atoms with E-state index < -0.39 is 17.9 Å². The first-order valence-corrected chi connectivity index (χ1v) is 5.69. The molecular formula is C16H23FeO10. The number of carboxylic acids is 3. The number of hydrogen-bond donors (Lipinski definition) is 0. The molecule has 27 heavy (non-hydrogen) atoms. The van der Waals surface area contributed by atoms with E-state index in [2.05, 4.69) is 19.7 Å². The molecule has 0 atom stereocenters. The van der Waals surface area contributed by atoms with E-state index in [0.717, 1.165) is 0 Å². The van der Waals surface area contributed by atoms with E-state index in [1.54, 1.807) is 0 Å². The molecule has 1 radical (unpaired) electrons. The van der Waals surface area contributed by atoms with E-state index in [1.807, 2.05) is 27.2 Å². The van der Waals surface area contributed by atoms with Crippen molar-refractivity contribution in [3.8, 4) is 0 Å². The normalized spacial score (nSPS) is 5.59. The fraction of sp³-hybridized carbons (Fsp3) is 0.188. The van der Waals surface area contributed by atoms with Gasteiger partial charge in [-0.1, -0.05) is 19.7 Å². The SMILES string of the molecule is C=C(C)C(=O)[O-].C=C(C)C(=O)[O-].C=C(C)C(=O)[O-].C=O.C=O.C=O.C=O.[Fe+3]. The predicted molar refractivity (Wildman–Crippen MR) is 87.9 cm³/mol. The summed E-state index contributed by atoms with van der Waals surface area (Å²) in [7, 11) is 0. The maximum absolute atomic E-state index is 9.49. The minimum Gasteiger partial charge on any atom is -0.545 e. The smallest absolute Gasteiger partial charge is 0.545 e. The Hall–Kier alpha value is -3.17. The van der Waals surface area contributed by atoms with Gasteiger partial charge >= 0.3 is 17.1 Å². The van der Waals surface area contributed by atoms with Crippen molar-refractivity contribution in [1.82, 2.24) is 0 Å². The third-order valence-electron chi connectivity index (χ3n) is 1.05. The zero-order valence-electron chi connectivity index (χ0n) is 15.4. The molecule has 0 spiro atoms. The van der Waals surface area contributed by atoms with Gasteiger partial charge in [-0.25, -0.2) is 0 Å². The summed E-state index contributed by atoms with van der Waals surface area (Å²) in [5, 5.41) is 28.5. The summed E-state index contributed by atoms with van der Waals surface area (Å²) in [6, 6.07) is 0. The van der Waals surface area contributed by atoms with Gasteiger partial charge in [0.05, 0.1) is 17.9 Å². The first-order chi connectivity index (χ1) is 11.9. The molecule has 0 saturated heterocycles. The quantitative estimate of drug-likeness (QED) is 0.333. The van der Waals surface area contributed by atoms with Crippen molar-refractivity contribution in [2.75, 3.05) is 0 Å².